The number of rotatable bonds is 6. The van der Waals surface area contributed by atoms with Gasteiger partial charge in [-0.05, 0) is 67.8 Å². The smallest absolute Gasteiger partial charge is 0.271 e. The van der Waals surface area contributed by atoms with Gasteiger partial charge in [0.25, 0.3) is 11.5 Å². The summed E-state index contributed by atoms with van der Waals surface area (Å²) in [4.78, 5) is 25.1. The average molecular weight is 440 g/mol. The summed E-state index contributed by atoms with van der Waals surface area (Å²) in [6.45, 7) is 6.30. The third kappa shape index (κ3) is 5.36. The minimum Gasteiger partial charge on any atom is -0.472 e. The molecule has 3 aromatic carbocycles. The highest BCUT2D eigenvalue weighted by Gasteiger charge is 2.10. The van der Waals surface area contributed by atoms with Crippen LogP contribution in [0.1, 0.15) is 32.6 Å². The molecule has 6 nitrogen and oxygen atoms in total. The van der Waals surface area contributed by atoms with Gasteiger partial charge >= 0.3 is 0 Å². The molecule has 0 atom stereocenters. The zero-order valence-corrected chi connectivity index (χ0v) is 18.8. The fourth-order valence-corrected chi connectivity index (χ4v) is 3.43. The molecule has 0 saturated carbocycles. The number of carbonyl (C=O) groups is 1. The predicted molar refractivity (Wildman–Crippen MR) is 129 cm³/mol. The maximum atomic E-state index is 12.7. The van der Waals surface area contributed by atoms with E-state index >= 15 is 0 Å². The van der Waals surface area contributed by atoms with E-state index < -0.39 is 0 Å². The third-order valence-electron chi connectivity index (χ3n) is 5.26. The Balaban J connectivity index is 1.50. The molecule has 0 spiro atoms. The van der Waals surface area contributed by atoms with Crippen LogP contribution in [0.15, 0.2) is 83.7 Å². The molecule has 0 fully saturated rings. The van der Waals surface area contributed by atoms with E-state index in [-0.39, 0.29) is 11.5 Å². The van der Waals surface area contributed by atoms with E-state index in [1.165, 1.54) is 10.7 Å². The van der Waals surface area contributed by atoms with Gasteiger partial charge in [0.1, 0.15) is 6.61 Å². The molecule has 1 amide bonds. The first-order valence-corrected chi connectivity index (χ1v) is 10.7. The van der Waals surface area contributed by atoms with Crippen molar-refractivity contribution in [3.8, 4) is 11.6 Å². The lowest BCUT2D eigenvalue weighted by Crippen LogP contribution is -2.21. The van der Waals surface area contributed by atoms with Gasteiger partial charge in [0.2, 0.25) is 5.88 Å². The number of nitrogens with zero attached hydrogens (tertiary/aromatic N) is 2. The zero-order chi connectivity index (χ0) is 23.4. The molecule has 6 heteroatoms. The van der Waals surface area contributed by atoms with Gasteiger partial charge in [-0.2, -0.15) is 4.68 Å². The van der Waals surface area contributed by atoms with Crippen molar-refractivity contribution >= 4 is 11.6 Å². The van der Waals surface area contributed by atoms with Crippen LogP contribution in [0.3, 0.4) is 0 Å². The highest BCUT2D eigenvalue weighted by molar-refractivity contribution is 6.04. The summed E-state index contributed by atoms with van der Waals surface area (Å²) in [6, 6.07) is 23.6. The van der Waals surface area contributed by atoms with E-state index in [0.29, 0.717) is 23.7 Å². The quantitative estimate of drug-likeness (QED) is 0.459. The summed E-state index contributed by atoms with van der Waals surface area (Å²) in [6.07, 6.45) is 0. The standard InChI is InChI=1S/C27H25N3O3/c1-18-5-4-6-21(15-18)17-33-25-13-14-26(31)30(29-25)23-11-9-22(10-12-23)27(32)28-24-16-19(2)7-8-20(24)3/h4-16H,17H2,1-3H3,(H,28,32). The second-order valence-electron chi connectivity index (χ2n) is 8.02. The molecule has 1 heterocycles. The second-order valence-corrected chi connectivity index (χ2v) is 8.02. The largest absolute Gasteiger partial charge is 0.472 e. The first kappa shape index (κ1) is 22.0. The topological polar surface area (TPSA) is 73.2 Å². The number of anilines is 1. The number of hydrogen-bond acceptors (Lipinski definition) is 4. The monoisotopic (exact) mass is 439 g/mol. The van der Waals surface area contributed by atoms with Crippen LogP contribution < -0.4 is 15.6 Å². The molecule has 0 aliphatic rings. The Morgan fingerprint density at radius 3 is 2.42 bits per heavy atom. The Bertz CT molecular complexity index is 1360. The average Bonchev–Trinajstić information content (AvgIpc) is 2.81. The normalized spacial score (nSPS) is 10.6. The molecule has 0 aliphatic heterocycles. The summed E-state index contributed by atoms with van der Waals surface area (Å²) in [7, 11) is 0. The minimum absolute atomic E-state index is 0.217. The van der Waals surface area contributed by atoms with Crippen LogP contribution in [0.2, 0.25) is 0 Å². The number of aromatic nitrogens is 2. The van der Waals surface area contributed by atoms with Gasteiger partial charge in [-0.25, -0.2) is 0 Å². The van der Waals surface area contributed by atoms with E-state index in [0.717, 1.165) is 27.9 Å². The van der Waals surface area contributed by atoms with Gasteiger partial charge in [0.05, 0.1) is 5.69 Å². The number of aryl methyl sites for hydroxylation is 3. The fourth-order valence-electron chi connectivity index (χ4n) is 3.43. The molecule has 1 aromatic heterocycles. The summed E-state index contributed by atoms with van der Waals surface area (Å²) >= 11 is 0. The van der Waals surface area contributed by atoms with Crippen LogP contribution in [0.4, 0.5) is 5.69 Å². The molecule has 1 N–H and O–H groups in total. The van der Waals surface area contributed by atoms with Gasteiger partial charge in [0, 0.05) is 23.4 Å². The molecule has 33 heavy (non-hydrogen) atoms. The number of carbonyl (C=O) groups excluding carboxylic acids is 1. The molecule has 166 valence electrons. The summed E-state index contributed by atoms with van der Waals surface area (Å²) in [5, 5.41) is 7.27. The molecule has 4 rings (SSSR count). The maximum Gasteiger partial charge on any atom is 0.271 e. The number of nitrogens with one attached hydrogen (secondary N) is 1. The van der Waals surface area contributed by atoms with Crippen LogP contribution in [0.25, 0.3) is 5.69 Å². The van der Waals surface area contributed by atoms with E-state index in [4.69, 9.17) is 4.74 Å². The van der Waals surface area contributed by atoms with Gasteiger partial charge in [-0.1, -0.05) is 42.0 Å². The van der Waals surface area contributed by atoms with Gasteiger partial charge in [-0.3, -0.25) is 9.59 Å². The lowest BCUT2D eigenvalue weighted by atomic mass is 10.1. The van der Waals surface area contributed by atoms with Crippen molar-refractivity contribution < 1.29 is 9.53 Å². The van der Waals surface area contributed by atoms with Crippen molar-refractivity contribution in [1.82, 2.24) is 9.78 Å². The van der Waals surface area contributed by atoms with Gasteiger partial charge in [0.15, 0.2) is 0 Å². The van der Waals surface area contributed by atoms with E-state index in [9.17, 15) is 9.59 Å². The van der Waals surface area contributed by atoms with Crippen LogP contribution in [-0.2, 0) is 6.61 Å². The Hall–Kier alpha value is -4.19. The number of ether oxygens (including phenoxy) is 1. The SMILES string of the molecule is Cc1cccc(COc2ccc(=O)n(-c3ccc(C(=O)Nc4cc(C)ccc4C)cc3)n2)c1. The van der Waals surface area contributed by atoms with Crippen LogP contribution >= 0.6 is 0 Å². The van der Waals surface area contributed by atoms with Crippen molar-refractivity contribution in [2.24, 2.45) is 0 Å². The number of benzene rings is 3. The van der Waals surface area contributed by atoms with E-state index in [1.54, 1.807) is 30.3 Å². The summed E-state index contributed by atoms with van der Waals surface area (Å²) in [5.74, 6) is 0.124. The van der Waals surface area contributed by atoms with Gasteiger partial charge in [-0.15, -0.1) is 5.10 Å². The Kier molecular flexibility index (Phi) is 6.36. The molecule has 4 aromatic rings. The molecule has 0 bridgehead atoms. The van der Waals surface area contributed by atoms with Crippen LogP contribution in [-0.4, -0.2) is 15.7 Å². The highest BCUT2D eigenvalue weighted by atomic mass is 16.5. The first-order chi connectivity index (χ1) is 15.9. The Morgan fingerprint density at radius 1 is 0.909 bits per heavy atom. The third-order valence-corrected chi connectivity index (χ3v) is 5.26. The van der Waals surface area contributed by atoms with Crippen molar-refractivity contribution in [3.63, 3.8) is 0 Å². The van der Waals surface area contributed by atoms with Crippen molar-refractivity contribution in [2.75, 3.05) is 5.32 Å². The Labute approximate surface area is 192 Å². The van der Waals surface area contributed by atoms with Crippen molar-refractivity contribution in [3.05, 3.63) is 117 Å². The molecule has 0 aliphatic carbocycles. The molecular weight excluding hydrogens is 414 g/mol. The lowest BCUT2D eigenvalue weighted by molar-refractivity contribution is 0.102. The van der Waals surface area contributed by atoms with E-state index in [1.807, 2.05) is 63.2 Å². The van der Waals surface area contributed by atoms with Crippen molar-refractivity contribution in [1.29, 1.82) is 0 Å². The van der Waals surface area contributed by atoms with E-state index in [2.05, 4.69) is 10.4 Å². The number of amides is 1. The molecule has 0 radical (unpaired) electrons. The maximum absolute atomic E-state index is 12.7. The molecule has 0 unspecified atom stereocenters. The predicted octanol–water partition coefficient (Wildman–Crippen LogP) is 4.99. The second kappa shape index (κ2) is 9.53. The van der Waals surface area contributed by atoms with Gasteiger partial charge < -0.3 is 10.1 Å². The highest BCUT2D eigenvalue weighted by Crippen LogP contribution is 2.18. The molecule has 0 saturated heterocycles. The van der Waals surface area contributed by atoms with Crippen LogP contribution in [0.5, 0.6) is 5.88 Å². The summed E-state index contributed by atoms with van der Waals surface area (Å²) < 4.78 is 7.04. The van der Waals surface area contributed by atoms with Crippen molar-refractivity contribution in [2.45, 2.75) is 27.4 Å². The first-order valence-electron chi connectivity index (χ1n) is 10.7. The zero-order valence-electron chi connectivity index (χ0n) is 18.8. The Morgan fingerprint density at radius 2 is 1.67 bits per heavy atom. The van der Waals surface area contributed by atoms with Crippen LogP contribution in [0, 0.1) is 20.8 Å². The number of hydrogen-bond donors (Lipinski definition) is 1. The lowest BCUT2D eigenvalue weighted by Gasteiger charge is -2.11. The minimum atomic E-state index is -0.287. The molecular formula is C27H25N3O3. The summed E-state index contributed by atoms with van der Waals surface area (Å²) in [5.41, 5.74) is 5.75. The fraction of sp³-hybridized carbons (Fsp3) is 0.148.